The number of benzene rings is 2. The smallest absolute Gasteiger partial charge is 0.340 e. The van der Waals surface area contributed by atoms with E-state index in [-0.39, 0.29) is 11.5 Å². The summed E-state index contributed by atoms with van der Waals surface area (Å²) in [7, 11) is 1.30. The number of amides is 1. The summed E-state index contributed by atoms with van der Waals surface area (Å²) in [4.78, 5) is 27.0. The Morgan fingerprint density at radius 3 is 2.41 bits per heavy atom. The first kappa shape index (κ1) is 19.4. The summed E-state index contributed by atoms with van der Waals surface area (Å²) in [6.45, 7) is 3.61. The second-order valence-electron chi connectivity index (χ2n) is 6.14. The first-order valence-corrected chi connectivity index (χ1v) is 9.38. The van der Waals surface area contributed by atoms with Crippen LogP contribution in [0.1, 0.15) is 18.1 Å². The summed E-state index contributed by atoms with van der Waals surface area (Å²) in [5.41, 5.74) is 3.37. The molecule has 1 heterocycles. The van der Waals surface area contributed by atoms with Crippen LogP contribution in [0.3, 0.4) is 0 Å². The molecule has 6 heteroatoms. The van der Waals surface area contributed by atoms with Gasteiger partial charge in [0, 0.05) is 15.2 Å². The van der Waals surface area contributed by atoms with Crippen molar-refractivity contribution in [3.63, 3.8) is 0 Å². The van der Waals surface area contributed by atoms with Crippen LogP contribution in [0.2, 0.25) is 5.02 Å². The molecule has 0 saturated heterocycles. The Balaban J connectivity index is 2.14. The molecule has 3 rings (SSSR count). The maximum atomic E-state index is 13.2. The molecule has 1 amide bonds. The Bertz CT molecular complexity index is 993. The molecular weight excluding hydrogens is 430 g/mol. The summed E-state index contributed by atoms with van der Waals surface area (Å²) >= 11 is 9.62. The third-order valence-electron chi connectivity index (χ3n) is 4.38. The highest BCUT2D eigenvalue weighted by Gasteiger charge is 2.38. The molecule has 0 bridgehead atoms. The van der Waals surface area contributed by atoms with Crippen molar-refractivity contribution < 1.29 is 14.3 Å². The average molecular weight is 447 g/mol. The summed E-state index contributed by atoms with van der Waals surface area (Å²) in [5.74, 6) is -0.847. The molecular formula is C21H17BrClNO3. The van der Waals surface area contributed by atoms with Crippen LogP contribution < -0.4 is 4.90 Å². The van der Waals surface area contributed by atoms with Crippen LogP contribution in [0.15, 0.2) is 63.8 Å². The van der Waals surface area contributed by atoms with Crippen molar-refractivity contribution in [1.29, 1.82) is 0 Å². The number of halogens is 2. The molecule has 0 atom stereocenters. The van der Waals surface area contributed by atoms with E-state index in [0.717, 1.165) is 15.6 Å². The molecule has 0 radical (unpaired) electrons. The maximum absolute atomic E-state index is 13.2. The van der Waals surface area contributed by atoms with Crippen LogP contribution in [-0.2, 0) is 14.3 Å². The lowest BCUT2D eigenvalue weighted by Crippen LogP contribution is -2.24. The van der Waals surface area contributed by atoms with Gasteiger partial charge in [-0.1, -0.05) is 45.7 Å². The number of carbonyl (C=O) groups is 2. The van der Waals surface area contributed by atoms with Gasteiger partial charge in [0.1, 0.15) is 0 Å². The number of rotatable bonds is 3. The van der Waals surface area contributed by atoms with Crippen molar-refractivity contribution >= 4 is 51.2 Å². The van der Waals surface area contributed by atoms with Gasteiger partial charge in [-0.25, -0.2) is 4.79 Å². The number of carbonyl (C=O) groups excluding carboxylic acids is 2. The standard InChI is InChI=1S/C21H17BrClNO3/c1-12-4-9-16(11-18(12)23)24-13(2)19(21(26)27-3)17(20(24)25)10-14-5-7-15(22)8-6-14/h4-11H,1-3H3/b17-10-. The quantitative estimate of drug-likeness (QED) is 0.475. The van der Waals surface area contributed by atoms with Crippen molar-refractivity contribution in [3.05, 3.63) is 79.9 Å². The van der Waals surface area contributed by atoms with E-state index in [1.807, 2.05) is 37.3 Å². The Kier molecular flexibility index (Phi) is 5.53. The number of hydrogen-bond donors (Lipinski definition) is 0. The molecule has 0 saturated carbocycles. The molecule has 0 spiro atoms. The molecule has 0 aromatic heterocycles. The lowest BCUT2D eigenvalue weighted by molar-refractivity contribution is -0.136. The van der Waals surface area contributed by atoms with E-state index >= 15 is 0 Å². The minimum absolute atomic E-state index is 0.252. The zero-order valence-electron chi connectivity index (χ0n) is 15.0. The SMILES string of the molecule is COC(=O)C1=C(C)N(c2ccc(C)c(Cl)c2)C(=O)/C1=C\c1ccc(Br)cc1. The van der Waals surface area contributed by atoms with E-state index in [2.05, 4.69) is 15.9 Å². The van der Waals surface area contributed by atoms with Gasteiger partial charge < -0.3 is 4.74 Å². The van der Waals surface area contributed by atoms with Gasteiger partial charge in [-0.05, 0) is 55.3 Å². The number of anilines is 1. The van der Waals surface area contributed by atoms with Crippen molar-refractivity contribution in [2.24, 2.45) is 0 Å². The molecule has 138 valence electrons. The molecule has 2 aromatic rings. The van der Waals surface area contributed by atoms with Gasteiger partial charge in [0.05, 0.1) is 23.9 Å². The number of ether oxygens (including phenoxy) is 1. The van der Waals surface area contributed by atoms with Crippen LogP contribution in [-0.4, -0.2) is 19.0 Å². The second-order valence-corrected chi connectivity index (χ2v) is 7.46. The van der Waals surface area contributed by atoms with E-state index < -0.39 is 5.97 Å². The Morgan fingerprint density at radius 1 is 1.15 bits per heavy atom. The van der Waals surface area contributed by atoms with E-state index in [4.69, 9.17) is 16.3 Å². The summed E-state index contributed by atoms with van der Waals surface area (Å²) in [6.07, 6.45) is 1.69. The highest BCUT2D eigenvalue weighted by molar-refractivity contribution is 9.10. The van der Waals surface area contributed by atoms with Crippen LogP contribution >= 0.6 is 27.5 Å². The summed E-state index contributed by atoms with van der Waals surface area (Å²) in [6, 6.07) is 12.8. The van der Waals surface area contributed by atoms with Crippen molar-refractivity contribution in [3.8, 4) is 0 Å². The van der Waals surface area contributed by atoms with Crippen molar-refractivity contribution in [1.82, 2.24) is 0 Å². The zero-order chi connectivity index (χ0) is 19.7. The zero-order valence-corrected chi connectivity index (χ0v) is 17.4. The Hall–Kier alpha value is -2.37. The van der Waals surface area contributed by atoms with E-state index in [0.29, 0.717) is 22.0 Å². The number of allylic oxidation sites excluding steroid dienone is 1. The minimum atomic E-state index is -0.551. The lowest BCUT2D eigenvalue weighted by Gasteiger charge is -2.18. The number of hydrogen-bond acceptors (Lipinski definition) is 3. The number of aryl methyl sites for hydroxylation is 1. The van der Waals surface area contributed by atoms with E-state index in [1.165, 1.54) is 12.0 Å². The highest BCUT2D eigenvalue weighted by Crippen LogP contribution is 2.36. The molecule has 0 unspecified atom stereocenters. The van der Waals surface area contributed by atoms with Crippen LogP contribution in [0.25, 0.3) is 6.08 Å². The number of esters is 1. The molecule has 2 aromatic carbocycles. The number of methoxy groups -OCH3 is 1. The van der Waals surface area contributed by atoms with Crippen molar-refractivity contribution in [2.75, 3.05) is 12.0 Å². The van der Waals surface area contributed by atoms with Gasteiger partial charge in [-0.15, -0.1) is 0 Å². The van der Waals surface area contributed by atoms with Gasteiger partial charge in [-0.3, -0.25) is 9.69 Å². The predicted molar refractivity (Wildman–Crippen MR) is 111 cm³/mol. The normalized spacial score (nSPS) is 15.7. The van der Waals surface area contributed by atoms with Gasteiger partial charge in [0.2, 0.25) is 0 Å². The van der Waals surface area contributed by atoms with Crippen molar-refractivity contribution in [2.45, 2.75) is 13.8 Å². The summed E-state index contributed by atoms with van der Waals surface area (Å²) in [5, 5.41) is 0.554. The van der Waals surface area contributed by atoms with Gasteiger partial charge in [-0.2, -0.15) is 0 Å². The fourth-order valence-corrected chi connectivity index (χ4v) is 3.38. The third-order valence-corrected chi connectivity index (χ3v) is 5.32. The third kappa shape index (κ3) is 3.70. The van der Waals surface area contributed by atoms with E-state index in [1.54, 1.807) is 25.1 Å². The fraction of sp³-hybridized carbons (Fsp3) is 0.143. The topological polar surface area (TPSA) is 46.6 Å². The molecule has 1 aliphatic rings. The molecule has 27 heavy (non-hydrogen) atoms. The molecule has 0 aliphatic carbocycles. The molecule has 0 fully saturated rings. The maximum Gasteiger partial charge on any atom is 0.340 e. The van der Waals surface area contributed by atoms with Gasteiger partial charge in [0.25, 0.3) is 5.91 Å². The average Bonchev–Trinajstić information content (AvgIpc) is 2.89. The predicted octanol–water partition coefficient (Wildman–Crippen LogP) is 5.29. The molecule has 0 N–H and O–H groups in total. The minimum Gasteiger partial charge on any atom is -0.465 e. The Labute approximate surface area is 171 Å². The van der Waals surface area contributed by atoms with Gasteiger partial charge in [0.15, 0.2) is 0 Å². The Morgan fingerprint density at radius 2 is 1.81 bits per heavy atom. The second kappa shape index (κ2) is 7.71. The lowest BCUT2D eigenvalue weighted by atomic mass is 10.0. The van der Waals surface area contributed by atoms with Crippen LogP contribution in [0, 0.1) is 6.92 Å². The van der Waals surface area contributed by atoms with Crippen LogP contribution in [0.4, 0.5) is 5.69 Å². The largest absolute Gasteiger partial charge is 0.465 e. The molecule has 1 aliphatic heterocycles. The first-order valence-electron chi connectivity index (χ1n) is 8.21. The monoisotopic (exact) mass is 445 g/mol. The van der Waals surface area contributed by atoms with Gasteiger partial charge >= 0.3 is 5.97 Å². The summed E-state index contributed by atoms with van der Waals surface area (Å²) < 4.78 is 5.85. The first-order chi connectivity index (χ1) is 12.8. The van der Waals surface area contributed by atoms with E-state index in [9.17, 15) is 9.59 Å². The molecule has 4 nitrogen and oxygen atoms in total. The fourth-order valence-electron chi connectivity index (χ4n) is 2.94. The highest BCUT2D eigenvalue weighted by atomic mass is 79.9. The number of nitrogens with zero attached hydrogens (tertiary/aromatic N) is 1. The van der Waals surface area contributed by atoms with Crippen LogP contribution in [0.5, 0.6) is 0 Å².